The number of nitrogens with zero attached hydrogens (tertiary/aromatic N) is 5. The van der Waals surface area contributed by atoms with E-state index in [-0.39, 0.29) is 30.3 Å². The van der Waals surface area contributed by atoms with E-state index in [4.69, 9.17) is 28.5 Å². The lowest BCUT2D eigenvalue weighted by Gasteiger charge is -2.50. The molecule has 1 saturated heterocycles. The monoisotopic (exact) mass is 1140 g/mol. The zero-order chi connectivity index (χ0) is 58.6. The van der Waals surface area contributed by atoms with Crippen molar-refractivity contribution in [2.24, 2.45) is 5.16 Å². The molecule has 5 rings (SSSR count). The van der Waals surface area contributed by atoms with Gasteiger partial charge in [-0.2, -0.15) is 18.2 Å². The van der Waals surface area contributed by atoms with Gasteiger partial charge < -0.3 is 49.6 Å². The van der Waals surface area contributed by atoms with Crippen LogP contribution in [-0.2, 0) is 72.4 Å². The van der Waals surface area contributed by atoms with Crippen molar-refractivity contribution in [2.75, 3.05) is 18.4 Å². The van der Waals surface area contributed by atoms with Crippen LogP contribution in [0.3, 0.4) is 0 Å². The van der Waals surface area contributed by atoms with Gasteiger partial charge >= 0.3 is 34.6 Å². The Balaban J connectivity index is 1.45. The molecule has 26 nitrogen and oxygen atoms in total. The molecular formula is C50H74N9O17S2+. The molecule has 1 fully saturated rings. The third kappa shape index (κ3) is 17.7. The number of amides is 5. The topological polar surface area (TPSA) is 327 Å². The second-order valence-electron chi connectivity index (χ2n) is 23.3. The summed E-state index contributed by atoms with van der Waals surface area (Å²) in [6.45, 7) is 25.2. The van der Waals surface area contributed by atoms with E-state index < -0.39 is 104 Å². The number of benzene rings is 1. The maximum absolute atomic E-state index is 14.3. The number of esters is 1. The summed E-state index contributed by atoms with van der Waals surface area (Å²) in [4.78, 5) is 89.5. The summed E-state index contributed by atoms with van der Waals surface area (Å²) < 4.78 is 68.8. The number of ether oxygens (including phenoxy) is 5. The Morgan fingerprint density at radius 2 is 1.50 bits per heavy atom. The van der Waals surface area contributed by atoms with Crippen LogP contribution < -0.4 is 30.7 Å². The van der Waals surface area contributed by atoms with Crippen molar-refractivity contribution < 1.29 is 84.3 Å². The summed E-state index contributed by atoms with van der Waals surface area (Å²) in [6.07, 6.45) is 0.515. The molecule has 0 saturated carbocycles. The van der Waals surface area contributed by atoms with Crippen LogP contribution in [-0.4, -0.2) is 139 Å². The van der Waals surface area contributed by atoms with E-state index in [1.54, 1.807) is 99.9 Å². The minimum Gasteiger partial charge on any atom is -0.485 e. The summed E-state index contributed by atoms with van der Waals surface area (Å²) in [5.41, 5.74) is -5.44. The van der Waals surface area contributed by atoms with Gasteiger partial charge in [-0.15, -0.1) is 20.3 Å². The van der Waals surface area contributed by atoms with E-state index >= 15 is 0 Å². The number of aliphatic hydroxyl groups is 1. The number of hydrogen-bond acceptors (Lipinski definition) is 19. The number of carbonyl (C=O) groups excluding carboxylic acids is 6. The highest BCUT2D eigenvalue weighted by atomic mass is 32.3. The first-order chi connectivity index (χ1) is 35.7. The summed E-state index contributed by atoms with van der Waals surface area (Å²) in [7, 11) is -5.13. The van der Waals surface area contributed by atoms with Gasteiger partial charge in [-0.3, -0.25) is 19.5 Å². The van der Waals surface area contributed by atoms with Crippen molar-refractivity contribution in [3.8, 4) is 16.9 Å². The highest BCUT2D eigenvalue weighted by molar-refractivity contribution is 7.80. The smallest absolute Gasteiger partial charge is 0.418 e. The predicted molar refractivity (Wildman–Crippen MR) is 281 cm³/mol. The molecule has 4 heterocycles. The number of nitrogens with one attached hydrogen (secondary N) is 4. The lowest BCUT2D eigenvalue weighted by molar-refractivity contribution is -0.780. The average molecular weight is 1140 g/mol. The Kier molecular flexibility index (Phi) is 19.0. The molecule has 1 aromatic carbocycles. The molecule has 0 aliphatic carbocycles. The van der Waals surface area contributed by atoms with E-state index in [0.717, 1.165) is 28.0 Å². The molecular weight excluding hydrogens is 1060 g/mol. The molecule has 432 valence electrons. The number of hydrogen-bond donors (Lipinski definition) is 6. The number of aryl methyl sites for hydroxylation is 2. The Labute approximate surface area is 457 Å². The number of β-lactam (4-membered cyclic amide) rings is 1. The molecule has 0 spiro atoms. The predicted octanol–water partition coefficient (Wildman–Crippen LogP) is 5.10. The Morgan fingerprint density at radius 1 is 0.897 bits per heavy atom. The number of aromatic nitrogens is 3. The second kappa shape index (κ2) is 23.8. The van der Waals surface area contributed by atoms with Crippen molar-refractivity contribution in [1.29, 1.82) is 0 Å². The molecule has 2 aliphatic heterocycles. The van der Waals surface area contributed by atoms with Crippen LogP contribution in [0.5, 0.6) is 5.75 Å². The molecule has 28 heteroatoms. The SMILES string of the molecule is CC(C)(C)OC(=O)NCCCn1cc(-c2ccc3c(c2)CC[C@H](C(C)(O/N=C(\C(=O)N[C@@H]2C(=O)N(OS(=O)(=O)O)C2(C)C)c2csc(NC(=O)OC(C)(C)C)n2)C(=O)OC(C)(C)C)O3)c[n+]1CC(O)CNC(=O)OC(C)(C)C. The van der Waals surface area contributed by atoms with E-state index in [1.807, 2.05) is 23.1 Å². The molecule has 2 aromatic heterocycles. The number of alkyl carbamates (subject to hydrolysis) is 2. The fraction of sp³-hybridized carbons (Fsp3) is 0.620. The molecule has 3 aromatic rings. The number of oxime groups is 1. The van der Waals surface area contributed by atoms with Crippen LogP contribution in [0.25, 0.3) is 11.1 Å². The summed E-state index contributed by atoms with van der Waals surface area (Å²) in [5, 5.41) is 27.2. The molecule has 2 aliphatic rings. The maximum atomic E-state index is 14.3. The molecule has 6 N–H and O–H groups in total. The minimum atomic E-state index is -5.13. The Bertz CT molecular complexity index is 2860. The van der Waals surface area contributed by atoms with Crippen molar-refractivity contribution in [3.63, 3.8) is 0 Å². The second-order valence-corrected chi connectivity index (χ2v) is 25.1. The van der Waals surface area contributed by atoms with Crippen LogP contribution in [0.4, 0.5) is 19.5 Å². The standard InChI is InChI=1S/C50H73N9O17S2/c1-45(2,3)71-40(63)50(15,75-56-36(33-28-77-41(53-33)55-44(66)74-48(10,11)12)38(61)54-37-39(62)59(49(37,13)14)76-78(67,68)69)35-20-18-30-23-29(17-19-34(30)70-35)31-25-57(22-16-21-51-42(64)72-46(4,5)6)58(26-31)27-32(60)24-52-43(65)73-47(7,8)9/h17,19,23,25-26,28,32,35,37,60H,16,18,20-22,24,27H2,1-15H3,(H4-,51,52,53,54,55,61,64,65,66,67,68,69)/p+1/b56-36-/t32?,35-,37-,50?/m1/s1. The number of hydroxylamine groups is 2. The fourth-order valence-corrected chi connectivity index (χ4v) is 8.84. The van der Waals surface area contributed by atoms with Gasteiger partial charge in [0.25, 0.3) is 17.4 Å². The molecule has 4 atom stereocenters. The number of rotatable bonds is 19. The van der Waals surface area contributed by atoms with Gasteiger partial charge in [0.2, 0.25) is 6.20 Å². The molecule has 2 unspecified atom stereocenters. The average Bonchev–Trinajstić information content (AvgIpc) is 3.91. The van der Waals surface area contributed by atoms with Crippen molar-refractivity contribution >= 4 is 68.6 Å². The van der Waals surface area contributed by atoms with Crippen molar-refractivity contribution in [1.82, 2.24) is 30.7 Å². The van der Waals surface area contributed by atoms with Gasteiger partial charge in [-0.05, 0) is 146 Å². The Hall–Kier alpha value is -6.62. The fourth-order valence-electron chi connectivity index (χ4n) is 7.70. The van der Waals surface area contributed by atoms with E-state index in [2.05, 4.69) is 35.7 Å². The molecule has 78 heavy (non-hydrogen) atoms. The van der Waals surface area contributed by atoms with Gasteiger partial charge in [0.15, 0.2) is 23.5 Å². The zero-order valence-electron chi connectivity index (χ0n) is 46.7. The quantitative estimate of drug-likeness (QED) is 0.0133. The van der Waals surface area contributed by atoms with Gasteiger partial charge in [0.1, 0.15) is 46.0 Å². The van der Waals surface area contributed by atoms with Gasteiger partial charge in [0, 0.05) is 11.9 Å². The first-order valence-electron chi connectivity index (χ1n) is 25.0. The summed E-state index contributed by atoms with van der Waals surface area (Å²) >= 11 is 0.883. The third-order valence-corrected chi connectivity index (χ3v) is 12.3. The van der Waals surface area contributed by atoms with Crippen LogP contribution in [0, 0.1) is 0 Å². The van der Waals surface area contributed by atoms with Gasteiger partial charge in [-0.25, -0.2) is 24.2 Å². The number of aliphatic hydroxyl groups excluding tert-OH is 1. The number of carbonyl (C=O) groups is 6. The van der Waals surface area contributed by atoms with E-state index in [9.17, 15) is 46.8 Å². The molecule has 0 bridgehead atoms. The summed E-state index contributed by atoms with van der Waals surface area (Å²) in [5.74, 6) is -2.66. The largest absolute Gasteiger partial charge is 0.485 e. The minimum absolute atomic E-state index is 0.0295. The molecule has 5 amide bonds. The van der Waals surface area contributed by atoms with Crippen molar-refractivity contribution in [3.05, 3.63) is 47.2 Å². The van der Waals surface area contributed by atoms with Crippen LogP contribution >= 0.6 is 11.3 Å². The number of thiazole rings is 1. The Morgan fingerprint density at radius 3 is 2.09 bits per heavy atom. The van der Waals surface area contributed by atoms with Crippen LogP contribution in [0.2, 0.25) is 0 Å². The van der Waals surface area contributed by atoms with Crippen molar-refractivity contribution in [2.45, 2.75) is 188 Å². The van der Waals surface area contributed by atoms with E-state index in [0.29, 0.717) is 36.7 Å². The van der Waals surface area contributed by atoms with Gasteiger partial charge in [-0.1, -0.05) is 11.2 Å². The lowest BCUT2D eigenvalue weighted by Crippen LogP contribution is -2.76. The first-order valence-corrected chi connectivity index (χ1v) is 27.3. The highest BCUT2D eigenvalue weighted by Crippen LogP contribution is 2.38. The lowest BCUT2D eigenvalue weighted by atomic mass is 9.84. The first kappa shape index (κ1) is 62.2. The number of anilines is 1. The third-order valence-electron chi connectivity index (χ3n) is 11.2. The number of fused-ring (bicyclic) bond motifs is 1. The zero-order valence-corrected chi connectivity index (χ0v) is 48.3. The van der Waals surface area contributed by atoms with E-state index in [1.165, 1.54) is 26.2 Å². The maximum Gasteiger partial charge on any atom is 0.418 e. The highest BCUT2D eigenvalue weighted by Gasteiger charge is 2.58. The summed E-state index contributed by atoms with van der Waals surface area (Å²) in [6, 6.07) is 4.01. The van der Waals surface area contributed by atoms with Crippen LogP contribution in [0.1, 0.15) is 128 Å². The normalized spacial score (nSPS) is 17.9. The molecule has 0 radical (unpaired) electrons. The van der Waals surface area contributed by atoms with Gasteiger partial charge in [0.05, 0.1) is 30.4 Å². The van der Waals surface area contributed by atoms with Crippen LogP contribution in [0.15, 0.2) is 41.1 Å².